The number of ether oxygens (including phenoxy) is 1. The van der Waals surface area contributed by atoms with E-state index in [4.69, 9.17) is 9.84 Å². The lowest BCUT2D eigenvalue weighted by Gasteiger charge is -2.08. The van der Waals surface area contributed by atoms with E-state index in [9.17, 15) is 4.79 Å². The number of nitrogens with one attached hydrogen (secondary N) is 2. The minimum absolute atomic E-state index is 0.000609. The van der Waals surface area contributed by atoms with E-state index in [1.807, 2.05) is 24.3 Å². The van der Waals surface area contributed by atoms with Crippen molar-refractivity contribution in [2.45, 2.75) is 6.42 Å². The summed E-state index contributed by atoms with van der Waals surface area (Å²) in [5, 5.41) is 13.9. The standard InChI is InChI=1S/C13H19BrN2O3/c14-12-3-1-11(2-4-12)5-6-15-13(18)16-7-9-19-10-8-17/h1-4,17H,5-10H2,(H2,15,16,18). The minimum Gasteiger partial charge on any atom is -0.394 e. The first-order valence-electron chi connectivity index (χ1n) is 6.17. The number of aliphatic hydroxyl groups excluding tert-OH is 1. The summed E-state index contributed by atoms with van der Waals surface area (Å²) < 4.78 is 6.07. The number of halogens is 1. The maximum atomic E-state index is 11.4. The van der Waals surface area contributed by atoms with Crippen molar-refractivity contribution in [1.29, 1.82) is 0 Å². The van der Waals surface area contributed by atoms with Crippen LogP contribution in [0, 0.1) is 0 Å². The van der Waals surface area contributed by atoms with Gasteiger partial charge in [-0.05, 0) is 24.1 Å². The molecule has 0 aliphatic carbocycles. The molecule has 5 nitrogen and oxygen atoms in total. The third-order valence-electron chi connectivity index (χ3n) is 2.38. The monoisotopic (exact) mass is 330 g/mol. The van der Waals surface area contributed by atoms with Gasteiger partial charge in [0.25, 0.3) is 0 Å². The molecule has 0 spiro atoms. The van der Waals surface area contributed by atoms with E-state index in [2.05, 4.69) is 26.6 Å². The van der Waals surface area contributed by atoms with Gasteiger partial charge in [-0.1, -0.05) is 28.1 Å². The number of hydrogen-bond acceptors (Lipinski definition) is 3. The number of hydrogen-bond donors (Lipinski definition) is 3. The zero-order valence-corrected chi connectivity index (χ0v) is 12.3. The fourth-order valence-corrected chi connectivity index (χ4v) is 1.70. The van der Waals surface area contributed by atoms with Crippen LogP contribution in [0.4, 0.5) is 4.79 Å². The molecule has 1 aromatic carbocycles. The van der Waals surface area contributed by atoms with Crippen molar-refractivity contribution >= 4 is 22.0 Å². The van der Waals surface area contributed by atoms with E-state index in [1.165, 1.54) is 5.56 Å². The van der Waals surface area contributed by atoms with Crippen molar-refractivity contribution in [3.8, 4) is 0 Å². The number of carbonyl (C=O) groups excluding carboxylic acids is 1. The van der Waals surface area contributed by atoms with Gasteiger partial charge in [0.2, 0.25) is 0 Å². The summed E-state index contributed by atoms with van der Waals surface area (Å²) in [6, 6.07) is 7.80. The van der Waals surface area contributed by atoms with Gasteiger partial charge in [0.15, 0.2) is 0 Å². The molecule has 0 unspecified atom stereocenters. The summed E-state index contributed by atoms with van der Waals surface area (Å²) in [6.07, 6.45) is 0.793. The first-order valence-corrected chi connectivity index (χ1v) is 6.96. The third kappa shape index (κ3) is 7.81. The van der Waals surface area contributed by atoms with Gasteiger partial charge in [-0.3, -0.25) is 0 Å². The lowest BCUT2D eigenvalue weighted by atomic mass is 10.1. The van der Waals surface area contributed by atoms with Crippen LogP contribution in [-0.4, -0.2) is 44.0 Å². The second-order valence-corrected chi connectivity index (χ2v) is 4.81. The van der Waals surface area contributed by atoms with Gasteiger partial charge in [0, 0.05) is 17.6 Å². The average Bonchev–Trinajstić information content (AvgIpc) is 2.41. The maximum absolute atomic E-state index is 11.4. The Morgan fingerprint density at radius 2 is 1.84 bits per heavy atom. The Balaban J connectivity index is 2.05. The Kier molecular flexibility index (Phi) is 8.20. The lowest BCUT2D eigenvalue weighted by molar-refractivity contribution is 0.0947. The number of amides is 2. The molecule has 1 aromatic rings. The molecule has 0 heterocycles. The minimum atomic E-state index is -0.204. The van der Waals surface area contributed by atoms with Crippen molar-refractivity contribution in [3.05, 3.63) is 34.3 Å². The third-order valence-corrected chi connectivity index (χ3v) is 2.91. The molecule has 0 atom stereocenters. The molecular weight excluding hydrogens is 312 g/mol. The van der Waals surface area contributed by atoms with Crippen molar-refractivity contribution in [2.24, 2.45) is 0 Å². The van der Waals surface area contributed by atoms with Gasteiger partial charge in [-0.15, -0.1) is 0 Å². The highest BCUT2D eigenvalue weighted by Crippen LogP contribution is 2.10. The van der Waals surface area contributed by atoms with Crippen LogP contribution in [0.3, 0.4) is 0 Å². The van der Waals surface area contributed by atoms with E-state index in [1.54, 1.807) is 0 Å². The second kappa shape index (κ2) is 9.77. The van der Waals surface area contributed by atoms with Crippen LogP contribution in [-0.2, 0) is 11.2 Å². The molecule has 0 saturated heterocycles. The Morgan fingerprint density at radius 1 is 1.16 bits per heavy atom. The lowest BCUT2D eigenvalue weighted by Crippen LogP contribution is -2.38. The zero-order valence-electron chi connectivity index (χ0n) is 10.7. The Hall–Kier alpha value is -1.11. The van der Waals surface area contributed by atoms with Gasteiger partial charge in [-0.25, -0.2) is 4.79 Å². The Morgan fingerprint density at radius 3 is 2.53 bits per heavy atom. The van der Waals surface area contributed by atoms with E-state index >= 15 is 0 Å². The van der Waals surface area contributed by atoms with Crippen molar-refractivity contribution in [3.63, 3.8) is 0 Å². The number of benzene rings is 1. The quantitative estimate of drug-likeness (QED) is 0.629. The van der Waals surface area contributed by atoms with Crippen LogP contribution in [0.1, 0.15) is 5.56 Å². The number of carbonyl (C=O) groups is 1. The first kappa shape index (κ1) is 15.9. The predicted octanol–water partition coefficient (Wildman–Crippen LogP) is 1.30. The van der Waals surface area contributed by atoms with E-state index in [0.29, 0.717) is 26.3 Å². The van der Waals surface area contributed by atoms with Crippen molar-refractivity contribution < 1.29 is 14.6 Å². The zero-order chi connectivity index (χ0) is 13.9. The predicted molar refractivity (Wildman–Crippen MR) is 77.2 cm³/mol. The van der Waals surface area contributed by atoms with Gasteiger partial charge in [0.05, 0.1) is 19.8 Å². The average molecular weight is 331 g/mol. The molecule has 0 saturated carbocycles. The van der Waals surface area contributed by atoms with E-state index in [0.717, 1.165) is 10.9 Å². The van der Waals surface area contributed by atoms with Crippen molar-refractivity contribution in [1.82, 2.24) is 10.6 Å². The summed E-state index contributed by atoms with van der Waals surface area (Å²) in [5.74, 6) is 0. The van der Waals surface area contributed by atoms with Crippen LogP contribution in [0.25, 0.3) is 0 Å². The molecular formula is C13H19BrN2O3. The number of urea groups is 1. The summed E-state index contributed by atoms with van der Waals surface area (Å²) in [7, 11) is 0. The van der Waals surface area contributed by atoms with Crippen molar-refractivity contribution in [2.75, 3.05) is 32.9 Å². The normalized spacial score (nSPS) is 10.2. The summed E-state index contributed by atoms with van der Waals surface area (Å²) in [6.45, 7) is 1.72. The van der Waals surface area contributed by atoms with Crippen LogP contribution in [0.5, 0.6) is 0 Å². The molecule has 0 aromatic heterocycles. The number of rotatable bonds is 8. The molecule has 1 rings (SSSR count). The molecule has 6 heteroatoms. The molecule has 106 valence electrons. The highest BCUT2D eigenvalue weighted by atomic mass is 79.9. The largest absolute Gasteiger partial charge is 0.394 e. The summed E-state index contributed by atoms with van der Waals surface area (Å²) in [4.78, 5) is 11.4. The summed E-state index contributed by atoms with van der Waals surface area (Å²) in [5.41, 5.74) is 1.18. The van der Waals surface area contributed by atoms with Crippen LogP contribution >= 0.6 is 15.9 Å². The molecule has 0 aliphatic heterocycles. The topological polar surface area (TPSA) is 70.6 Å². The van der Waals surface area contributed by atoms with E-state index < -0.39 is 0 Å². The Bertz CT molecular complexity index is 371. The molecule has 0 aliphatic rings. The summed E-state index contributed by atoms with van der Waals surface area (Å²) >= 11 is 3.38. The van der Waals surface area contributed by atoms with E-state index in [-0.39, 0.29) is 12.6 Å². The molecule has 0 fully saturated rings. The van der Waals surface area contributed by atoms with Crippen LogP contribution in [0.2, 0.25) is 0 Å². The molecule has 2 amide bonds. The fourth-order valence-electron chi connectivity index (χ4n) is 1.44. The van der Waals surface area contributed by atoms with Gasteiger partial charge in [-0.2, -0.15) is 0 Å². The fraction of sp³-hybridized carbons (Fsp3) is 0.462. The molecule has 0 bridgehead atoms. The van der Waals surface area contributed by atoms with Gasteiger partial charge >= 0.3 is 6.03 Å². The van der Waals surface area contributed by atoms with Crippen LogP contribution in [0.15, 0.2) is 28.7 Å². The Labute approximate surface area is 121 Å². The molecule has 3 N–H and O–H groups in total. The molecule has 19 heavy (non-hydrogen) atoms. The SMILES string of the molecule is O=C(NCCOCCO)NCCc1ccc(Br)cc1. The maximum Gasteiger partial charge on any atom is 0.314 e. The smallest absolute Gasteiger partial charge is 0.314 e. The van der Waals surface area contributed by atoms with Crippen LogP contribution < -0.4 is 10.6 Å². The van der Waals surface area contributed by atoms with Gasteiger partial charge in [0.1, 0.15) is 0 Å². The number of aliphatic hydroxyl groups is 1. The molecule has 0 radical (unpaired) electrons. The first-order chi connectivity index (χ1) is 9.22. The highest BCUT2D eigenvalue weighted by molar-refractivity contribution is 9.10. The highest BCUT2D eigenvalue weighted by Gasteiger charge is 1.99. The van der Waals surface area contributed by atoms with Gasteiger partial charge < -0.3 is 20.5 Å². The second-order valence-electron chi connectivity index (χ2n) is 3.90.